The molecule has 0 unspecified atom stereocenters. The van der Waals surface area contributed by atoms with E-state index in [4.69, 9.17) is 0 Å². The predicted octanol–water partition coefficient (Wildman–Crippen LogP) is 4.23. The van der Waals surface area contributed by atoms with Gasteiger partial charge in [0.2, 0.25) is 0 Å². The van der Waals surface area contributed by atoms with Crippen molar-refractivity contribution in [2.75, 3.05) is 5.43 Å². The topological polar surface area (TPSA) is 93.3 Å². The number of nitro groups is 1. The van der Waals surface area contributed by atoms with Crippen molar-refractivity contribution in [2.45, 2.75) is 33.1 Å². The molecule has 0 atom stereocenters. The SMILES string of the molecule is C/C(=N/Nc1ncnc2sc3c(c12)CCC3)c1ccc(C)c([N+](=O)[O-])c1. The second kappa shape index (κ2) is 6.45. The van der Waals surface area contributed by atoms with Gasteiger partial charge in [-0.3, -0.25) is 15.5 Å². The lowest BCUT2D eigenvalue weighted by atomic mass is 10.1. The molecule has 3 aromatic rings. The maximum atomic E-state index is 11.1. The van der Waals surface area contributed by atoms with Crippen molar-refractivity contribution >= 4 is 38.8 Å². The quantitative estimate of drug-likeness (QED) is 0.423. The minimum absolute atomic E-state index is 0.0946. The molecule has 26 heavy (non-hydrogen) atoms. The Balaban J connectivity index is 1.67. The summed E-state index contributed by atoms with van der Waals surface area (Å²) in [6.07, 6.45) is 4.86. The van der Waals surface area contributed by atoms with Gasteiger partial charge in [0.25, 0.3) is 5.69 Å². The van der Waals surface area contributed by atoms with Crippen molar-refractivity contribution < 1.29 is 4.92 Å². The third-order valence-electron chi connectivity index (χ3n) is 4.65. The summed E-state index contributed by atoms with van der Waals surface area (Å²) in [5.41, 5.74) is 6.45. The van der Waals surface area contributed by atoms with Gasteiger partial charge in [0.1, 0.15) is 11.2 Å². The molecule has 0 spiro atoms. The molecule has 8 heteroatoms. The number of nitrogens with one attached hydrogen (secondary N) is 1. The molecule has 1 aliphatic rings. The molecular weight excluding hydrogens is 350 g/mol. The van der Waals surface area contributed by atoms with E-state index < -0.39 is 0 Å². The average Bonchev–Trinajstić information content (AvgIpc) is 3.20. The van der Waals surface area contributed by atoms with Gasteiger partial charge in [-0.15, -0.1) is 11.3 Å². The Labute approximate surface area is 154 Å². The second-order valence-electron chi connectivity index (χ2n) is 6.33. The third kappa shape index (κ3) is 2.82. The first-order chi connectivity index (χ1) is 12.5. The zero-order valence-corrected chi connectivity index (χ0v) is 15.3. The van der Waals surface area contributed by atoms with Gasteiger partial charge in [0, 0.05) is 22.1 Å². The monoisotopic (exact) mass is 367 g/mol. The molecule has 2 aromatic heterocycles. The van der Waals surface area contributed by atoms with Crippen molar-refractivity contribution in [1.29, 1.82) is 0 Å². The number of aromatic nitrogens is 2. The number of thiophene rings is 1. The first-order valence-electron chi connectivity index (χ1n) is 8.35. The molecule has 0 amide bonds. The highest BCUT2D eigenvalue weighted by molar-refractivity contribution is 7.19. The van der Waals surface area contributed by atoms with E-state index in [1.165, 1.54) is 23.2 Å². The first kappa shape index (κ1) is 16.6. The number of aryl methyl sites for hydroxylation is 3. The van der Waals surface area contributed by atoms with Gasteiger partial charge in [-0.05, 0) is 38.7 Å². The Hall–Kier alpha value is -2.87. The zero-order valence-electron chi connectivity index (χ0n) is 14.4. The summed E-state index contributed by atoms with van der Waals surface area (Å²) < 4.78 is 0. The van der Waals surface area contributed by atoms with Gasteiger partial charge in [-0.2, -0.15) is 5.10 Å². The van der Waals surface area contributed by atoms with Crippen molar-refractivity contribution in [3.63, 3.8) is 0 Å². The average molecular weight is 367 g/mol. The van der Waals surface area contributed by atoms with Crippen molar-refractivity contribution in [3.8, 4) is 0 Å². The summed E-state index contributed by atoms with van der Waals surface area (Å²) in [6, 6.07) is 5.12. The first-order valence-corrected chi connectivity index (χ1v) is 9.17. The minimum Gasteiger partial charge on any atom is -0.260 e. The predicted molar refractivity (Wildman–Crippen MR) is 103 cm³/mol. The van der Waals surface area contributed by atoms with Crippen LogP contribution in [0.15, 0.2) is 29.6 Å². The second-order valence-corrected chi connectivity index (χ2v) is 7.41. The normalized spacial score (nSPS) is 13.8. The largest absolute Gasteiger partial charge is 0.272 e. The number of nitro benzene ring substituents is 1. The zero-order chi connectivity index (χ0) is 18.3. The van der Waals surface area contributed by atoms with Crippen LogP contribution in [0.3, 0.4) is 0 Å². The number of hydrogen-bond donors (Lipinski definition) is 1. The molecule has 1 aromatic carbocycles. The Morgan fingerprint density at radius 2 is 2.19 bits per heavy atom. The van der Waals surface area contributed by atoms with E-state index in [2.05, 4.69) is 20.5 Å². The summed E-state index contributed by atoms with van der Waals surface area (Å²) in [4.78, 5) is 21.9. The molecule has 4 rings (SSSR count). The smallest absolute Gasteiger partial charge is 0.260 e. The number of anilines is 1. The fourth-order valence-electron chi connectivity index (χ4n) is 3.25. The molecule has 1 aliphatic carbocycles. The molecule has 0 saturated carbocycles. The van der Waals surface area contributed by atoms with E-state index in [1.807, 2.05) is 13.0 Å². The van der Waals surface area contributed by atoms with E-state index >= 15 is 0 Å². The summed E-state index contributed by atoms with van der Waals surface area (Å²) in [5, 5.41) is 16.6. The minimum atomic E-state index is -0.373. The van der Waals surface area contributed by atoms with Gasteiger partial charge in [-0.1, -0.05) is 12.1 Å². The molecule has 1 N–H and O–H groups in total. The molecule has 0 fully saturated rings. The molecule has 7 nitrogen and oxygen atoms in total. The third-order valence-corrected chi connectivity index (χ3v) is 5.85. The van der Waals surface area contributed by atoms with Crippen LogP contribution in [-0.4, -0.2) is 20.6 Å². The van der Waals surface area contributed by atoms with Gasteiger partial charge in [0.05, 0.1) is 16.0 Å². The van der Waals surface area contributed by atoms with Crippen LogP contribution in [-0.2, 0) is 12.8 Å². The fourth-order valence-corrected chi connectivity index (χ4v) is 4.47. The lowest BCUT2D eigenvalue weighted by Crippen LogP contribution is -2.03. The number of benzene rings is 1. The fraction of sp³-hybridized carbons (Fsp3) is 0.278. The molecule has 0 saturated heterocycles. The highest BCUT2D eigenvalue weighted by Crippen LogP contribution is 2.39. The lowest BCUT2D eigenvalue weighted by Gasteiger charge is -2.06. The Bertz CT molecular complexity index is 1060. The standard InChI is InChI=1S/C18H17N5O2S/c1-10-6-7-12(8-14(10)23(24)25)11(2)21-22-17-16-13-4-3-5-15(13)26-18(16)20-9-19-17/h6-9H,3-5H2,1-2H3,(H,19,20,22)/b21-11-. The molecule has 0 aliphatic heterocycles. The summed E-state index contributed by atoms with van der Waals surface area (Å²) in [6.45, 7) is 3.54. The Morgan fingerprint density at radius 1 is 1.35 bits per heavy atom. The van der Waals surface area contributed by atoms with Gasteiger partial charge in [0.15, 0.2) is 5.82 Å². The van der Waals surface area contributed by atoms with Crippen LogP contribution in [0.2, 0.25) is 0 Å². The van der Waals surface area contributed by atoms with E-state index in [-0.39, 0.29) is 10.6 Å². The van der Waals surface area contributed by atoms with Crippen LogP contribution in [0.1, 0.15) is 34.9 Å². The number of hydrazone groups is 1. The van der Waals surface area contributed by atoms with Crippen LogP contribution in [0, 0.1) is 17.0 Å². The van der Waals surface area contributed by atoms with Crippen LogP contribution in [0.5, 0.6) is 0 Å². The van der Waals surface area contributed by atoms with Crippen LogP contribution in [0.25, 0.3) is 10.2 Å². The molecule has 2 heterocycles. The maximum absolute atomic E-state index is 11.1. The number of rotatable bonds is 4. The number of fused-ring (bicyclic) bond motifs is 3. The van der Waals surface area contributed by atoms with Crippen molar-refractivity contribution in [1.82, 2.24) is 9.97 Å². The highest BCUT2D eigenvalue weighted by Gasteiger charge is 2.21. The van der Waals surface area contributed by atoms with Crippen LogP contribution >= 0.6 is 11.3 Å². The van der Waals surface area contributed by atoms with Crippen LogP contribution in [0.4, 0.5) is 11.5 Å². The summed E-state index contributed by atoms with van der Waals surface area (Å²) in [7, 11) is 0. The maximum Gasteiger partial charge on any atom is 0.272 e. The Kier molecular flexibility index (Phi) is 4.12. The van der Waals surface area contributed by atoms with Gasteiger partial charge >= 0.3 is 0 Å². The molecular formula is C18H17N5O2S. The lowest BCUT2D eigenvalue weighted by molar-refractivity contribution is -0.385. The van der Waals surface area contributed by atoms with E-state index in [0.29, 0.717) is 22.7 Å². The van der Waals surface area contributed by atoms with E-state index in [1.54, 1.807) is 30.4 Å². The van der Waals surface area contributed by atoms with E-state index in [9.17, 15) is 10.1 Å². The van der Waals surface area contributed by atoms with Gasteiger partial charge < -0.3 is 0 Å². The Morgan fingerprint density at radius 3 is 3.00 bits per heavy atom. The van der Waals surface area contributed by atoms with Gasteiger partial charge in [-0.25, -0.2) is 9.97 Å². The summed E-state index contributed by atoms with van der Waals surface area (Å²) in [5.74, 6) is 0.690. The van der Waals surface area contributed by atoms with Crippen LogP contribution < -0.4 is 5.43 Å². The molecule has 132 valence electrons. The molecule has 0 bridgehead atoms. The van der Waals surface area contributed by atoms with E-state index in [0.717, 1.165) is 23.1 Å². The summed E-state index contributed by atoms with van der Waals surface area (Å²) >= 11 is 1.72. The highest BCUT2D eigenvalue weighted by atomic mass is 32.1. The van der Waals surface area contributed by atoms with Crippen molar-refractivity contribution in [3.05, 3.63) is 56.2 Å². The molecule has 0 radical (unpaired) electrons. The number of nitrogens with zero attached hydrogens (tertiary/aromatic N) is 4. The van der Waals surface area contributed by atoms with Crippen molar-refractivity contribution in [2.24, 2.45) is 5.10 Å². The number of hydrogen-bond acceptors (Lipinski definition) is 7.